The summed E-state index contributed by atoms with van der Waals surface area (Å²) in [5, 5.41) is 6.49. The first-order valence-electron chi connectivity index (χ1n) is 8.23. The van der Waals surface area contributed by atoms with Crippen molar-refractivity contribution in [2.75, 3.05) is 13.1 Å². The van der Waals surface area contributed by atoms with Gasteiger partial charge in [0.1, 0.15) is 0 Å². The molecule has 5 nitrogen and oxygen atoms in total. The zero-order valence-electron chi connectivity index (χ0n) is 14.6. The summed E-state index contributed by atoms with van der Waals surface area (Å²) < 4.78 is 2.15. The predicted molar refractivity (Wildman–Crippen MR) is 105 cm³/mol. The fourth-order valence-corrected chi connectivity index (χ4v) is 3.16. The number of nitrogens with zero attached hydrogens (tertiary/aromatic N) is 2. The second-order valence-corrected chi connectivity index (χ2v) is 6.19. The maximum atomic E-state index is 12.6. The van der Waals surface area contributed by atoms with E-state index in [9.17, 15) is 4.79 Å². The van der Waals surface area contributed by atoms with Crippen molar-refractivity contribution in [2.24, 2.45) is 0 Å². The van der Waals surface area contributed by atoms with E-state index in [0.717, 1.165) is 48.6 Å². The molecule has 1 saturated heterocycles. The summed E-state index contributed by atoms with van der Waals surface area (Å²) in [4.78, 5) is 17.0. The number of hydrogen-bond donors (Lipinski definition) is 2. The largest absolute Gasteiger partial charge is 0.349 e. The molecule has 2 aromatic heterocycles. The monoisotopic (exact) mass is 384 g/mol. The lowest BCUT2D eigenvalue weighted by atomic mass is 10.1. The lowest BCUT2D eigenvalue weighted by Gasteiger charge is -2.23. The fraction of sp³-hybridized carbons (Fsp3) is 0.444. The molecule has 0 saturated carbocycles. The summed E-state index contributed by atoms with van der Waals surface area (Å²) in [7, 11) is 0. The van der Waals surface area contributed by atoms with E-state index in [1.54, 1.807) is 6.20 Å². The van der Waals surface area contributed by atoms with Crippen LogP contribution in [0.3, 0.4) is 0 Å². The van der Waals surface area contributed by atoms with Crippen LogP contribution < -0.4 is 10.6 Å². The van der Waals surface area contributed by atoms with Crippen LogP contribution in [0.15, 0.2) is 30.5 Å². The molecule has 1 aliphatic rings. The predicted octanol–water partition coefficient (Wildman–Crippen LogP) is 2.87. The normalized spacial score (nSPS) is 14.3. The highest BCUT2D eigenvalue weighted by Crippen LogP contribution is 2.17. The van der Waals surface area contributed by atoms with E-state index >= 15 is 0 Å². The summed E-state index contributed by atoms with van der Waals surface area (Å²) in [6, 6.07) is 8.17. The molecule has 0 atom stereocenters. The van der Waals surface area contributed by atoms with Crippen LogP contribution in [-0.2, 0) is 6.54 Å². The zero-order chi connectivity index (χ0) is 16.2. The number of aromatic nitrogens is 2. The molecule has 1 fully saturated rings. The Labute approximate surface area is 161 Å². The average molecular weight is 385 g/mol. The first-order valence-corrected chi connectivity index (χ1v) is 8.23. The van der Waals surface area contributed by atoms with Crippen molar-refractivity contribution in [2.45, 2.75) is 39.3 Å². The number of hydrogen-bond acceptors (Lipinski definition) is 3. The highest BCUT2D eigenvalue weighted by Gasteiger charge is 2.20. The Morgan fingerprint density at radius 2 is 2.00 bits per heavy atom. The summed E-state index contributed by atoms with van der Waals surface area (Å²) in [6.45, 7) is 6.69. The lowest BCUT2D eigenvalue weighted by Crippen LogP contribution is -2.42. The van der Waals surface area contributed by atoms with Crippen LogP contribution in [0.1, 0.15) is 40.3 Å². The van der Waals surface area contributed by atoms with E-state index in [0.29, 0.717) is 6.54 Å². The number of pyridine rings is 1. The second-order valence-electron chi connectivity index (χ2n) is 6.19. The van der Waals surface area contributed by atoms with Gasteiger partial charge in [0.25, 0.3) is 5.91 Å². The minimum atomic E-state index is 0. The smallest absolute Gasteiger partial charge is 0.253 e. The maximum Gasteiger partial charge on any atom is 0.253 e. The van der Waals surface area contributed by atoms with Crippen LogP contribution in [0.5, 0.6) is 0 Å². The minimum absolute atomic E-state index is 0. The molecule has 138 valence electrons. The number of nitrogens with one attached hydrogen (secondary N) is 2. The van der Waals surface area contributed by atoms with Crippen LogP contribution in [0, 0.1) is 13.8 Å². The molecule has 0 bridgehead atoms. The van der Waals surface area contributed by atoms with Gasteiger partial charge in [0.15, 0.2) is 0 Å². The van der Waals surface area contributed by atoms with Crippen LogP contribution in [-0.4, -0.2) is 34.6 Å². The first kappa shape index (κ1) is 21.5. The zero-order valence-corrected chi connectivity index (χ0v) is 16.3. The highest BCUT2D eigenvalue weighted by atomic mass is 35.5. The number of amides is 1. The van der Waals surface area contributed by atoms with Gasteiger partial charge in [-0.1, -0.05) is 6.07 Å². The molecule has 2 aromatic rings. The van der Waals surface area contributed by atoms with E-state index in [1.165, 1.54) is 0 Å². The van der Waals surface area contributed by atoms with Gasteiger partial charge in [0.05, 0.1) is 17.8 Å². The van der Waals surface area contributed by atoms with Gasteiger partial charge in [-0.2, -0.15) is 0 Å². The highest BCUT2D eigenvalue weighted by molar-refractivity contribution is 5.95. The number of carbonyl (C=O) groups excluding carboxylic acids is 1. The molecule has 0 aliphatic carbocycles. The van der Waals surface area contributed by atoms with Gasteiger partial charge in [-0.05, 0) is 58.0 Å². The molecule has 0 aromatic carbocycles. The molecule has 0 unspecified atom stereocenters. The van der Waals surface area contributed by atoms with Crippen molar-refractivity contribution in [3.63, 3.8) is 0 Å². The van der Waals surface area contributed by atoms with Gasteiger partial charge < -0.3 is 15.2 Å². The molecule has 3 rings (SSSR count). The molecule has 1 aliphatic heterocycles. The molecule has 0 spiro atoms. The molecule has 25 heavy (non-hydrogen) atoms. The molecule has 3 heterocycles. The Bertz CT molecular complexity index is 682. The molecule has 0 radical (unpaired) electrons. The number of piperidine rings is 1. The van der Waals surface area contributed by atoms with E-state index in [2.05, 4.69) is 20.2 Å². The van der Waals surface area contributed by atoms with Crippen LogP contribution in [0.4, 0.5) is 0 Å². The molecule has 1 amide bonds. The summed E-state index contributed by atoms with van der Waals surface area (Å²) in [5.74, 6) is 0.0391. The Morgan fingerprint density at radius 3 is 2.64 bits per heavy atom. The standard InChI is InChI=1S/C18H24N4O.2ClH/c1-13-11-17(18(23)21-15-6-9-19-10-7-15)14(2)22(13)12-16-5-3-4-8-20-16;;/h3-5,8,11,15,19H,6-7,9-10,12H2,1-2H3,(H,21,23);2*1H. The van der Waals surface area contributed by atoms with E-state index in [1.807, 2.05) is 38.1 Å². The molecule has 7 heteroatoms. The topological polar surface area (TPSA) is 59.0 Å². The second kappa shape index (κ2) is 9.80. The third-order valence-electron chi connectivity index (χ3n) is 4.54. The minimum Gasteiger partial charge on any atom is -0.349 e. The van der Waals surface area contributed by atoms with Crippen LogP contribution in [0.25, 0.3) is 0 Å². The molecular weight excluding hydrogens is 359 g/mol. The molecular formula is C18H26Cl2N4O. The summed E-state index contributed by atoms with van der Waals surface area (Å²) >= 11 is 0. The van der Waals surface area contributed by atoms with Gasteiger partial charge in [0, 0.05) is 23.6 Å². The fourth-order valence-electron chi connectivity index (χ4n) is 3.16. The Balaban J connectivity index is 0.00000156. The molecule has 2 N–H and O–H groups in total. The quantitative estimate of drug-likeness (QED) is 0.851. The van der Waals surface area contributed by atoms with E-state index < -0.39 is 0 Å². The third-order valence-corrected chi connectivity index (χ3v) is 4.54. The van der Waals surface area contributed by atoms with E-state index in [-0.39, 0.29) is 36.8 Å². The van der Waals surface area contributed by atoms with Crippen molar-refractivity contribution in [1.29, 1.82) is 0 Å². The summed E-state index contributed by atoms with van der Waals surface area (Å²) in [5.41, 5.74) is 3.86. The van der Waals surface area contributed by atoms with Crippen molar-refractivity contribution < 1.29 is 4.79 Å². The summed E-state index contributed by atoms with van der Waals surface area (Å²) in [6.07, 6.45) is 3.80. The Hall–Kier alpha value is -1.56. The van der Waals surface area contributed by atoms with Gasteiger partial charge >= 0.3 is 0 Å². The first-order chi connectivity index (χ1) is 11.1. The van der Waals surface area contributed by atoms with Gasteiger partial charge in [-0.3, -0.25) is 9.78 Å². The lowest BCUT2D eigenvalue weighted by molar-refractivity contribution is 0.0929. The van der Waals surface area contributed by atoms with E-state index in [4.69, 9.17) is 0 Å². The van der Waals surface area contributed by atoms with Crippen molar-refractivity contribution in [1.82, 2.24) is 20.2 Å². The third kappa shape index (κ3) is 5.21. The van der Waals surface area contributed by atoms with Crippen molar-refractivity contribution >= 4 is 30.7 Å². The van der Waals surface area contributed by atoms with Crippen molar-refractivity contribution in [3.05, 3.63) is 53.1 Å². The Morgan fingerprint density at radius 1 is 1.28 bits per heavy atom. The average Bonchev–Trinajstić information content (AvgIpc) is 2.85. The number of rotatable bonds is 4. The number of carbonyl (C=O) groups is 1. The SMILES string of the molecule is Cc1cc(C(=O)NC2CCNCC2)c(C)n1Cc1ccccn1.Cl.Cl. The van der Waals surface area contributed by atoms with Crippen LogP contribution in [0.2, 0.25) is 0 Å². The maximum absolute atomic E-state index is 12.6. The van der Waals surface area contributed by atoms with Gasteiger partial charge in [0.2, 0.25) is 0 Å². The number of aryl methyl sites for hydroxylation is 1. The number of halogens is 2. The Kier molecular flexibility index (Phi) is 8.42. The van der Waals surface area contributed by atoms with Crippen LogP contribution >= 0.6 is 24.8 Å². The van der Waals surface area contributed by atoms with Gasteiger partial charge in [-0.15, -0.1) is 24.8 Å². The van der Waals surface area contributed by atoms with Gasteiger partial charge in [-0.25, -0.2) is 0 Å². The van der Waals surface area contributed by atoms with Crippen molar-refractivity contribution in [3.8, 4) is 0 Å².